The molecule has 114 valence electrons. The van der Waals surface area contributed by atoms with Crippen LogP contribution < -0.4 is 0 Å². The maximum absolute atomic E-state index is 11.3. The van der Waals surface area contributed by atoms with E-state index in [9.17, 15) is 9.90 Å². The fourth-order valence-corrected chi connectivity index (χ4v) is 4.23. The first kappa shape index (κ1) is 15.6. The lowest BCUT2D eigenvalue weighted by Gasteiger charge is -2.37. The highest BCUT2D eigenvalue weighted by Gasteiger charge is 2.49. The van der Waals surface area contributed by atoms with Gasteiger partial charge in [0.05, 0.1) is 5.60 Å². The summed E-state index contributed by atoms with van der Waals surface area (Å²) in [5, 5.41) is 10.6. The molecule has 0 aromatic heterocycles. The van der Waals surface area contributed by atoms with Crippen molar-refractivity contribution in [2.45, 2.75) is 71.0 Å². The van der Waals surface area contributed by atoms with Crippen LogP contribution in [0.4, 0.5) is 0 Å². The van der Waals surface area contributed by atoms with Gasteiger partial charge < -0.3 is 9.84 Å². The van der Waals surface area contributed by atoms with Crippen LogP contribution in [0.1, 0.15) is 59.8 Å². The molecule has 0 bridgehead atoms. The van der Waals surface area contributed by atoms with E-state index in [1.54, 1.807) is 0 Å². The lowest BCUT2D eigenvalue weighted by molar-refractivity contribution is -0.160. The Morgan fingerprint density at radius 1 is 1.45 bits per heavy atom. The molecule has 0 amide bonds. The van der Waals surface area contributed by atoms with Crippen molar-refractivity contribution in [3.8, 4) is 0 Å². The molecule has 2 aliphatic carbocycles. The third-order valence-electron chi connectivity index (χ3n) is 5.51. The predicted molar refractivity (Wildman–Crippen MR) is 79.2 cm³/mol. The van der Waals surface area contributed by atoms with Gasteiger partial charge in [0.25, 0.3) is 0 Å². The number of hydrogen-bond acceptors (Lipinski definition) is 3. The van der Waals surface area contributed by atoms with Gasteiger partial charge in [0, 0.05) is 6.92 Å². The van der Waals surface area contributed by atoms with Gasteiger partial charge in [-0.25, -0.2) is 0 Å². The summed E-state index contributed by atoms with van der Waals surface area (Å²) in [5.41, 5.74) is 0.191. The van der Waals surface area contributed by atoms with Gasteiger partial charge in [-0.1, -0.05) is 12.2 Å². The van der Waals surface area contributed by atoms with Crippen LogP contribution in [-0.2, 0) is 9.53 Å². The van der Waals surface area contributed by atoms with E-state index < -0.39 is 11.2 Å². The Morgan fingerprint density at radius 2 is 2.10 bits per heavy atom. The number of rotatable bonds is 2. The zero-order valence-corrected chi connectivity index (χ0v) is 13.2. The highest BCUT2D eigenvalue weighted by atomic mass is 16.6. The van der Waals surface area contributed by atoms with E-state index in [0.717, 1.165) is 32.1 Å². The van der Waals surface area contributed by atoms with Crippen molar-refractivity contribution in [1.29, 1.82) is 0 Å². The van der Waals surface area contributed by atoms with E-state index in [0.29, 0.717) is 5.92 Å². The molecular weight excluding hydrogens is 252 g/mol. The van der Waals surface area contributed by atoms with Crippen molar-refractivity contribution in [2.24, 2.45) is 17.8 Å². The number of carbonyl (C=O) groups is 1. The molecule has 0 unspecified atom stereocenters. The largest absolute Gasteiger partial charge is 0.460 e. The van der Waals surface area contributed by atoms with Gasteiger partial charge in [-0.05, 0) is 70.6 Å². The van der Waals surface area contributed by atoms with Crippen LogP contribution in [0.15, 0.2) is 12.2 Å². The molecule has 4 atom stereocenters. The molecule has 0 heterocycles. The van der Waals surface area contributed by atoms with E-state index in [4.69, 9.17) is 4.74 Å². The number of carbonyl (C=O) groups excluding carboxylic acids is 1. The summed E-state index contributed by atoms with van der Waals surface area (Å²) in [4.78, 5) is 11.3. The number of ether oxygens (including phenoxy) is 1. The van der Waals surface area contributed by atoms with Gasteiger partial charge in [-0.3, -0.25) is 4.79 Å². The molecule has 3 nitrogen and oxygen atoms in total. The molecule has 2 rings (SSSR count). The summed E-state index contributed by atoms with van der Waals surface area (Å²) >= 11 is 0. The molecule has 1 N–H and O–H groups in total. The normalized spacial score (nSPS) is 38.2. The Hall–Kier alpha value is -0.830. The smallest absolute Gasteiger partial charge is 0.303 e. The quantitative estimate of drug-likeness (QED) is 0.622. The van der Waals surface area contributed by atoms with E-state index in [1.165, 1.54) is 12.5 Å². The predicted octanol–water partition coefficient (Wildman–Crippen LogP) is 3.46. The van der Waals surface area contributed by atoms with Crippen LogP contribution >= 0.6 is 0 Å². The van der Waals surface area contributed by atoms with Gasteiger partial charge >= 0.3 is 5.97 Å². The first-order chi connectivity index (χ1) is 9.13. The maximum Gasteiger partial charge on any atom is 0.303 e. The molecule has 2 aliphatic rings. The zero-order valence-electron chi connectivity index (χ0n) is 13.2. The highest BCUT2D eigenvalue weighted by Crippen LogP contribution is 2.51. The van der Waals surface area contributed by atoms with Crippen molar-refractivity contribution in [2.75, 3.05) is 0 Å². The SMILES string of the molecule is C=C1CC[C@H](C(C)(C)OC(C)=O)C[C@@H]2[C@H]1CC[C@@]2(C)O. The number of hydrogen-bond donors (Lipinski definition) is 1. The highest BCUT2D eigenvalue weighted by molar-refractivity contribution is 5.66. The average molecular weight is 280 g/mol. The fraction of sp³-hybridized carbons (Fsp3) is 0.824. The van der Waals surface area contributed by atoms with Crippen molar-refractivity contribution < 1.29 is 14.6 Å². The molecule has 2 fully saturated rings. The van der Waals surface area contributed by atoms with Crippen LogP contribution in [0, 0.1) is 17.8 Å². The van der Waals surface area contributed by atoms with Gasteiger partial charge in [0.1, 0.15) is 5.60 Å². The summed E-state index contributed by atoms with van der Waals surface area (Å²) in [7, 11) is 0. The lowest BCUT2D eigenvalue weighted by Crippen LogP contribution is -2.40. The standard InChI is InChI=1S/C17H28O3/c1-11-6-7-13(16(3,4)20-12(2)18)10-15-14(11)8-9-17(15,5)19/h13-15,19H,1,6-10H2,2-5H3/t13-,14-,15+,17+/m0/s1. The Labute approximate surface area is 122 Å². The molecule has 0 aliphatic heterocycles. The zero-order chi connectivity index (χ0) is 15.1. The van der Waals surface area contributed by atoms with Crippen LogP contribution in [0.5, 0.6) is 0 Å². The van der Waals surface area contributed by atoms with Crippen LogP contribution in [-0.4, -0.2) is 22.3 Å². The molecule has 0 aromatic carbocycles. The van der Waals surface area contributed by atoms with E-state index in [1.807, 2.05) is 20.8 Å². The van der Waals surface area contributed by atoms with Gasteiger partial charge in [0.15, 0.2) is 0 Å². The second-order valence-corrected chi connectivity index (χ2v) is 7.44. The van der Waals surface area contributed by atoms with Crippen molar-refractivity contribution in [1.82, 2.24) is 0 Å². The molecule has 20 heavy (non-hydrogen) atoms. The summed E-state index contributed by atoms with van der Waals surface area (Å²) in [6, 6.07) is 0. The van der Waals surface area contributed by atoms with E-state index in [2.05, 4.69) is 6.58 Å². The Balaban J connectivity index is 2.21. The number of esters is 1. The Kier molecular flexibility index (Phi) is 4.03. The first-order valence-corrected chi connectivity index (χ1v) is 7.73. The molecule has 0 spiro atoms. The summed E-state index contributed by atoms with van der Waals surface area (Å²) < 4.78 is 5.53. The molecule has 0 aromatic rings. The minimum absolute atomic E-state index is 0.229. The number of allylic oxidation sites excluding steroid dienone is 1. The van der Waals surface area contributed by atoms with Crippen molar-refractivity contribution in [3.63, 3.8) is 0 Å². The summed E-state index contributed by atoms with van der Waals surface area (Å²) in [5.74, 6) is 0.732. The minimum atomic E-state index is -0.609. The van der Waals surface area contributed by atoms with Crippen molar-refractivity contribution in [3.05, 3.63) is 12.2 Å². The van der Waals surface area contributed by atoms with Crippen LogP contribution in [0.3, 0.4) is 0 Å². The van der Waals surface area contributed by atoms with Gasteiger partial charge in [-0.2, -0.15) is 0 Å². The molecule has 0 radical (unpaired) electrons. The topological polar surface area (TPSA) is 46.5 Å². The fourth-order valence-electron chi connectivity index (χ4n) is 4.23. The van der Waals surface area contributed by atoms with Gasteiger partial charge in [0.2, 0.25) is 0 Å². The van der Waals surface area contributed by atoms with E-state index >= 15 is 0 Å². The third kappa shape index (κ3) is 2.93. The second kappa shape index (κ2) is 5.18. The first-order valence-electron chi connectivity index (χ1n) is 7.73. The minimum Gasteiger partial charge on any atom is -0.460 e. The van der Waals surface area contributed by atoms with E-state index in [-0.39, 0.29) is 17.8 Å². The second-order valence-electron chi connectivity index (χ2n) is 7.44. The Morgan fingerprint density at radius 3 is 2.70 bits per heavy atom. The van der Waals surface area contributed by atoms with Gasteiger partial charge in [-0.15, -0.1) is 0 Å². The lowest BCUT2D eigenvalue weighted by atomic mass is 9.76. The average Bonchev–Trinajstić information content (AvgIpc) is 2.47. The van der Waals surface area contributed by atoms with Crippen LogP contribution in [0.25, 0.3) is 0 Å². The molecule has 3 heteroatoms. The third-order valence-corrected chi connectivity index (χ3v) is 5.51. The molecule has 0 saturated heterocycles. The molecular formula is C17H28O3. The summed E-state index contributed by atoms with van der Waals surface area (Å²) in [6.45, 7) is 11.6. The monoisotopic (exact) mass is 280 g/mol. The number of aliphatic hydroxyl groups is 1. The number of fused-ring (bicyclic) bond motifs is 1. The van der Waals surface area contributed by atoms with Crippen molar-refractivity contribution >= 4 is 5.97 Å². The Bertz CT molecular complexity index is 408. The maximum atomic E-state index is 11.3. The molecule has 2 saturated carbocycles. The summed E-state index contributed by atoms with van der Waals surface area (Å²) in [6.07, 6.45) is 4.77. The van der Waals surface area contributed by atoms with Crippen LogP contribution in [0.2, 0.25) is 0 Å².